The molecule has 0 radical (unpaired) electrons. The Hall–Kier alpha value is -1.56. The van der Waals surface area contributed by atoms with Gasteiger partial charge in [0, 0.05) is 25.0 Å². The molecular weight excluding hydrogens is 198 g/mol. The van der Waals surface area contributed by atoms with Crippen molar-refractivity contribution in [1.82, 2.24) is 4.98 Å². The molecular formula is C13H17N3. The van der Waals surface area contributed by atoms with Gasteiger partial charge in [-0.1, -0.05) is 6.42 Å². The van der Waals surface area contributed by atoms with Gasteiger partial charge in [-0.2, -0.15) is 5.26 Å². The van der Waals surface area contributed by atoms with Crippen LogP contribution in [-0.2, 0) is 0 Å². The molecule has 84 valence electrons. The van der Waals surface area contributed by atoms with Crippen LogP contribution >= 0.6 is 0 Å². The van der Waals surface area contributed by atoms with Crippen molar-refractivity contribution >= 4 is 5.69 Å². The van der Waals surface area contributed by atoms with Crippen LogP contribution in [0.4, 0.5) is 5.69 Å². The molecule has 0 aliphatic heterocycles. The molecule has 0 atom stereocenters. The van der Waals surface area contributed by atoms with Gasteiger partial charge in [0.25, 0.3) is 0 Å². The van der Waals surface area contributed by atoms with Crippen LogP contribution in [0.5, 0.6) is 0 Å². The van der Waals surface area contributed by atoms with Gasteiger partial charge in [0.05, 0.1) is 0 Å². The predicted octanol–water partition coefficient (Wildman–Crippen LogP) is 2.58. The molecule has 0 saturated heterocycles. The lowest BCUT2D eigenvalue weighted by Crippen LogP contribution is -2.32. The Balaban J connectivity index is 2.09. The topological polar surface area (TPSA) is 39.9 Å². The molecule has 1 aromatic heterocycles. The van der Waals surface area contributed by atoms with Gasteiger partial charge in [-0.3, -0.25) is 0 Å². The van der Waals surface area contributed by atoms with E-state index in [4.69, 9.17) is 5.26 Å². The summed E-state index contributed by atoms with van der Waals surface area (Å²) in [5.41, 5.74) is 1.63. The number of nitriles is 1. The van der Waals surface area contributed by atoms with E-state index in [1.807, 2.05) is 12.1 Å². The minimum Gasteiger partial charge on any atom is -0.371 e. The van der Waals surface area contributed by atoms with E-state index in [0.717, 1.165) is 24.7 Å². The first-order valence-electron chi connectivity index (χ1n) is 5.94. The monoisotopic (exact) mass is 215 g/mol. The Labute approximate surface area is 96.7 Å². The van der Waals surface area contributed by atoms with Crippen molar-refractivity contribution in [1.29, 1.82) is 5.26 Å². The molecule has 1 saturated carbocycles. The van der Waals surface area contributed by atoms with E-state index in [2.05, 4.69) is 22.9 Å². The number of anilines is 1. The molecule has 0 aromatic carbocycles. The van der Waals surface area contributed by atoms with E-state index in [1.54, 1.807) is 6.20 Å². The summed E-state index contributed by atoms with van der Waals surface area (Å²) in [5.74, 6) is 0.846. The molecule has 3 nitrogen and oxygen atoms in total. The second-order valence-corrected chi connectivity index (χ2v) is 4.35. The normalized spacial score (nSPS) is 15.2. The molecule has 0 unspecified atom stereocenters. The maximum Gasteiger partial charge on any atom is 0.142 e. The summed E-state index contributed by atoms with van der Waals surface area (Å²) in [4.78, 5) is 6.34. The average molecular weight is 215 g/mol. The molecule has 1 aromatic rings. The second-order valence-electron chi connectivity index (χ2n) is 4.35. The van der Waals surface area contributed by atoms with Gasteiger partial charge in [0.1, 0.15) is 11.8 Å². The zero-order chi connectivity index (χ0) is 11.4. The van der Waals surface area contributed by atoms with Crippen LogP contribution in [0.15, 0.2) is 18.3 Å². The third-order valence-corrected chi connectivity index (χ3v) is 3.31. The summed E-state index contributed by atoms with van der Waals surface area (Å²) < 4.78 is 0. The largest absolute Gasteiger partial charge is 0.371 e. The summed E-state index contributed by atoms with van der Waals surface area (Å²) in [6.07, 6.45) is 5.80. The molecule has 16 heavy (non-hydrogen) atoms. The fourth-order valence-corrected chi connectivity index (χ4v) is 2.08. The van der Waals surface area contributed by atoms with Crippen molar-refractivity contribution in [3.05, 3.63) is 24.0 Å². The van der Waals surface area contributed by atoms with Crippen LogP contribution in [0.3, 0.4) is 0 Å². The zero-order valence-electron chi connectivity index (χ0n) is 9.69. The summed E-state index contributed by atoms with van der Waals surface area (Å²) in [6.45, 7) is 4.27. The third kappa shape index (κ3) is 2.33. The quantitative estimate of drug-likeness (QED) is 0.775. The van der Waals surface area contributed by atoms with E-state index < -0.39 is 0 Å². The van der Waals surface area contributed by atoms with E-state index >= 15 is 0 Å². The number of aromatic nitrogens is 1. The van der Waals surface area contributed by atoms with Crippen molar-refractivity contribution < 1.29 is 0 Å². The van der Waals surface area contributed by atoms with Gasteiger partial charge in [-0.05, 0) is 37.8 Å². The average Bonchev–Trinajstić information content (AvgIpc) is 2.28. The van der Waals surface area contributed by atoms with Crippen LogP contribution in [0, 0.1) is 17.2 Å². The molecule has 0 bridgehead atoms. The maximum atomic E-state index is 8.82. The molecule has 1 aliphatic rings. The van der Waals surface area contributed by atoms with Crippen LogP contribution in [0.1, 0.15) is 31.9 Å². The summed E-state index contributed by atoms with van der Waals surface area (Å²) >= 11 is 0. The van der Waals surface area contributed by atoms with E-state index in [1.165, 1.54) is 19.3 Å². The van der Waals surface area contributed by atoms with E-state index in [9.17, 15) is 0 Å². The SMILES string of the molecule is CCN(CC1CCC1)c1ccnc(C#N)c1. The van der Waals surface area contributed by atoms with Gasteiger partial charge in [0.15, 0.2) is 0 Å². The van der Waals surface area contributed by atoms with Crippen molar-refractivity contribution in [3.63, 3.8) is 0 Å². The minimum atomic E-state index is 0.504. The van der Waals surface area contributed by atoms with E-state index in [0.29, 0.717) is 5.69 Å². The van der Waals surface area contributed by atoms with Crippen LogP contribution in [-0.4, -0.2) is 18.1 Å². The van der Waals surface area contributed by atoms with Crippen molar-refractivity contribution in [2.24, 2.45) is 5.92 Å². The highest BCUT2D eigenvalue weighted by Gasteiger charge is 2.20. The first kappa shape index (κ1) is 10.9. The maximum absolute atomic E-state index is 8.82. The first-order valence-corrected chi connectivity index (χ1v) is 5.94. The Bertz CT molecular complexity index is 390. The Morgan fingerprint density at radius 1 is 1.56 bits per heavy atom. The highest BCUT2D eigenvalue weighted by Crippen LogP contribution is 2.28. The lowest BCUT2D eigenvalue weighted by atomic mass is 9.85. The zero-order valence-corrected chi connectivity index (χ0v) is 9.69. The summed E-state index contributed by atoms with van der Waals surface area (Å²) in [7, 11) is 0. The highest BCUT2D eigenvalue weighted by atomic mass is 15.1. The molecule has 0 spiro atoms. The number of nitrogens with zero attached hydrogens (tertiary/aromatic N) is 3. The molecule has 1 heterocycles. The van der Waals surface area contributed by atoms with Crippen molar-refractivity contribution in [3.8, 4) is 6.07 Å². The van der Waals surface area contributed by atoms with Crippen molar-refractivity contribution in [2.75, 3.05) is 18.0 Å². The number of hydrogen-bond acceptors (Lipinski definition) is 3. The molecule has 0 N–H and O–H groups in total. The third-order valence-electron chi connectivity index (χ3n) is 3.31. The Morgan fingerprint density at radius 3 is 2.94 bits per heavy atom. The van der Waals surface area contributed by atoms with E-state index in [-0.39, 0.29) is 0 Å². The highest BCUT2D eigenvalue weighted by molar-refractivity contribution is 5.48. The Kier molecular flexibility index (Phi) is 3.40. The fraction of sp³-hybridized carbons (Fsp3) is 0.538. The predicted molar refractivity (Wildman–Crippen MR) is 64.2 cm³/mol. The molecule has 3 heteroatoms. The standard InChI is InChI=1S/C13H17N3/c1-2-16(10-11-4-3-5-11)13-6-7-15-12(8-13)9-14/h6-8,11H,2-5,10H2,1H3. The van der Waals surface area contributed by atoms with Crippen LogP contribution in [0.2, 0.25) is 0 Å². The van der Waals surface area contributed by atoms with Crippen molar-refractivity contribution in [2.45, 2.75) is 26.2 Å². The fourth-order valence-electron chi connectivity index (χ4n) is 2.08. The summed E-state index contributed by atoms with van der Waals surface area (Å²) in [6, 6.07) is 5.96. The lowest BCUT2D eigenvalue weighted by molar-refractivity contribution is 0.318. The summed E-state index contributed by atoms with van der Waals surface area (Å²) in [5, 5.41) is 8.82. The Morgan fingerprint density at radius 2 is 2.38 bits per heavy atom. The van der Waals surface area contributed by atoms with Gasteiger partial charge in [-0.25, -0.2) is 4.98 Å². The molecule has 2 rings (SSSR count). The van der Waals surface area contributed by atoms with Crippen LogP contribution in [0.25, 0.3) is 0 Å². The smallest absolute Gasteiger partial charge is 0.142 e. The number of hydrogen-bond donors (Lipinski definition) is 0. The lowest BCUT2D eigenvalue weighted by Gasteiger charge is -2.33. The number of pyridine rings is 1. The van der Waals surface area contributed by atoms with Gasteiger partial charge < -0.3 is 4.90 Å². The molecule has 0 amide bonds. The first-order chi connectivity index (χ1) is 7.83. The minimum absolute atomic E-state index is 0.504. The molecule has 1 aliphatic carbocycles. The van der Waals surface area contributed by atoms with Crippen LogP contribution < -0.4 is 4.90 Å². The van der Waals surface area contributed by atoms with Gasteiger partial charge >= 0.3 is 0 Å². The second kappa shape index (κ2) is 4.98. The molecule has 1 fully saturated rings. The van der Waals surface area contributed by atoms with Gasteiger partial charge in [-0.15, -0.1) is 0 Å². The van der Waals surface area contributed by atoms with Gasteiger partial charge in [0.2, 0.25) is 0 Å². The number of rotatable bonds is 4.